The molecule has 27 heavy (non-hydrogen) atoms. The third kappa shape index (κ3) is 3.81. The van der Waals surface area contributed by atoms with Gasteiger partial charge in [-0.05, 0) is 22.8 Å². The minimum absolute atomic E-state index is 0.0512. The number of rotatable bonds is 4. The molecule has 3 aromatic carbocycles. The lowest BCUT2D eigenvalue weighted by atomic mass is 9.95. The summed E-state index contributed by atoms with van der Waals surface area (Å²) in [5, 5.41) is 7.05. The number of nitrogens with zero attached hydrogens (tertiary/aromatic N) is 1. The Balaban J connectivity index is 1.61. The molecule has 0 aliphatic carbocycles. The molecule has 0 bridgehead atoms. The van der Waals surface area contributed by atoms with Crippen LogP contribution in [0.2, 0.25) is 5.02 Å². The topological polar surface area (TPSA) is 36.4 Å². The van der Waals surface area contributed by atoms with Gasteiger partial charge in [0, 0.05) is 0 Å². The molecule has 1 saturated heterocycles. The van der Waals surface area contributed by atoms with Gasteiger partial charge in [-0.3, -0.25) is 0 Å². The average Bonchev–Trinajstić information content (AvgIpc) is 3.15. The molecule has 1 aliphatic heterocycles. The van der Waals surface area contributed by atoms with Crippen LogP contribution in [0.5, 0.6) is 0 Å². The van der Waals surface area contributed by atoms with E-state index in [-0.39, 0.29) is 17.1 Å². The van der Waals surface area contributed by atoms with Crippen LogP contribution in [0, 0.1) is 5.82 Å². The van der Waals surface area contributed by atoms with Gasteiger partial charge in [-0.2, -0.15) is 0 Å². The predicted octanol–water partition coefficient (Wildman–Crippen LogP) is 5.01. The lowest BCUT2D eigenvalue weighted by molar-refractivity contribution is 0.554. The molecule has 2 atom stereocenters. The Kier molecular flexibility index (Phi) is 5.07. The summed E-state index contributed by atoms with van der Waals surface area (Å²) < 4.78 is 13.6. The van der Waals surface area contributed by atoms with E-state index in [1.165, 1.54) is 17.2 Å². The van der Waals surface area contributed by atoms with Crippen LogP contribution in [0.3, 0.4) is 0 Å². The highest BCUT2D eigenvalue weighted by Gasteiger charge is 2.32. The van der Waals surface area contributed by atoms with E-state index in [9.17, 15) is 4.39 Å². The molecule has 0 saturated carbocycles. The first kappa shape index (κ1) is 17.6. The predicted molar refractivity (Wildman–Crippen MR) is 107 cm³/mol. The molecule has 0 radical (unpaired) electrons. The lowest BCUT2D eigenvalue weighted by Crippen LogP contribution is -2.25. The van der Waals surface area contributed by atoms with Crippen LogP contribution in [-0.4, -0.2) is 5.96 Å². The Bertz CT molecular complexity index is 895. The van der Waals surface area contributed by atoms with Gasteiger partial charge in [0.1, 0.15) is 5.82 Å². The highest BCUT2D eigenvalue weighted by molar-refractivity contribution is 6.31. The SMILES string of the molecule is Fc1cccc(CN=C2NC(c3ccccc3)C(c3ccccc3)N2)c1Cl. The Labute approximate surface area is 162 Å². The summed E-state index contributed by atoms with van der Waals surface area (Å²) in [6.07, 6.45) is 0. The molecule has 1 aliphatic rings. The van der Waals surface area contributed by atoms with Gasteiger partial charge >= 0.3 is 0 Å². The highest BCUT2D eigenvalue weighted by Crippen LogP contribution is 2.32. The number of nitrogens with one attached hydrogen (secondary N) is 2. The standard InChI is InChI=1S/C22H19ClFN3/c23-19-17(12-7-13-18(19)24)14-25-22-26-20(15-8-3-1-4-9-15)21(27-22)16-10-5-2-6-11-16/h1-13,20-21H,14H2,(H2,25,26,27). The third-order valence-electron chi connectivity index (χ3n) is 4.67. The Hall–Kier alpha value is -2.85. The van der Waals surface area contributed by atoms with Crippen molar-refractivity contribution < 1.29 is 4.39 Å². The van der Waals surface area contributed by atoms with Gasteiger partial charge in [-0.25, -0.2) is 9.38 Å². The number of guanidine groups is 1. The van der Waals surface area contributed by atoms with Crippen molar-refractivity contribution >= 4 is 17.6 Å². The molecular formula is C22H19ClFN3. The van der Waals surface area contributed by atoms with Crippen molar-refractivity contribution in [1.29, 1.82) is 0 Å². The number of aliphatic imine (C=N–C) groups is 1. The lowest BCUT2D eigenvalue weighted by Gasteiger charge is -2.19. The first-order valence-corrected chi connectivity index (χ1v) is 9.20. The van der Waals surface area contributed by atoms with E-state index in [1.54, 1.807) is 12.1 Å². The van der Waals surface area contributed by atoms with Crippen LogP contribution in [-0.2, 0) is 6.54 Å². The summed E-state index contributed by atoms with van der Waals surface area (Å²) in [4.78, 5) is 4.59. The van der Waals surface area contributed by atoms with Crippen molar-refractivity contribution in [1.82, 2.24) is 10.6 Å². The fourth-order valence-corrected chi connectivity index (χ4v) is 3.49. The summed E-state index contributed by atoms with van der Waals surface area (Å²) in [5.74, 6) is 0.254. The van der Waals surface area contributed by atoms with Gasteiger partial charge in [0.2, 0.25) is 0 Å². The molecule has 1 fully saturated rings. The van der Waals surface area contributed by atoms with Crippen LogP contribution in [0.15, 0.2) is 83.9 Å². The summed E-state index contributed by atoms with van der Waals surface area (Å²) in [7, 11) is 0. The quantitative estimate of drug-likeness (QED) is 0.668. The van der Waals surface area contributed by atoms with Crippen LogP contribution in [0.4, 0.5) is 4.39 Å². The van der Waals surface area contributed by atoms with Crippen LogP contribution in [0.25, 0.3) is 0 Å². The van der Waals surface area contributed by atoms with Crippen molar-refractivity contribution in [2.45, 2.75) is 18.6 Å². The second-order valence-corrected chi connectivity index (χ2v) is 6.82. The highest BCUT2D eigenvalue weighted by atomic mass is 35.5. The fraction of sp³-hybridized carbons (Fsp3) is 0.136. The molecule has 0 spiro atoms. The summed E-state index contributed by atoms with van der Waals surface area (Å²) in [6.45, 7) is 0.301. The zero-order valence-corrected chi connectivity index (χ0v) is 15.3. The normalized spacial score (nSPS) is 18.7. The van der Waals surface area contributed by atoms with Crippen molar-refractivity contribution in [3.05, 3.63) is 106 Å². The second-order valence-electron chi connectivity index (χ2n) is 6.44. The van der Waals surface area contributed by atoms with Crippen molar-refractivity contribution in [3.63, 3.8) is 0 Å². The van der Waals surface area contributed by atoms with Crippen LogP contribution < -0.4 is 10.6 Å². The molecule has 3 nitrogen and oxygen atoms in total. The Morgan fingerprint density at radius 3 is 1.89 bits per heavy atom. The molecule has 0 aromatic heterocycles. The molecule has 1 heterocycles. The smallest absolute Gasteiger partial charge is 0.192 e. The van der Waals surface area contributed by atoms with E-state index >= 15 is 0 Å². The number of hydrogen-bond acceptors (Lipinski definition) is 1. The summed E-state index contributed by atoms with van der Waals surface area (Å²) in [6, 6.07) is 25.4. The number of halogens is 2. The largest absolute Gasteiger partial charge is 0.347 e. The molecule has 0 amide bonds. The monoisotopic (exact) mass is 379 g/mol. The second kappa shape index (κ2) is 7.80. The zero-order valence-electron chi connectivity index (χ0n) is 14.6. The molecule has 2 N–H and O–H groups in total. The van der Waals surface area contributed by atoms with E-state index in [0.717, 1.165) is 0 Å². The Morgan fingerprint density at radius 2 is 1.33 bits per heavy atom. The van der Waals surface area contributed by atoms with Crippen LogP contribution in [0.1, 0.15) is 28.8 Å². The minimum atomic E-state index is -0.425. The van der Waals surface area contributed by atoms with Crippen molar-refractivity contribution in [2.75, 3.05) is 0 Å². The van der Waals surface area contributed by atoms with Gasteiger partial charge in [0.25, 0.3) is 0 Å². The maximum Gasteiger partial charge on any atom is 0.192 e. The number of hydrogen-bond donors (Lipinski definition) is 2. The third-order valence-corrected chi connectivity index (χ3v) is 5.10. The number of benzene rings is 3. The van der Waals surface area contributed by atoms with E-state index in [1.807, 2.05) is 36.4 Å². The molecule has 5 heteroatoms. The summed E-state index contributed by atoms with van der Waals surface area (Å²) >= 11 is 6.04. The van der Waals surface area contributed by atoms with Gasteiger partial charge in [-0.1, -0.05) is 84.4 Å². The first-order valence-electron chi connectivity index (χ1n) is 8.82. The average molecular weight is 380 g/mol. The van der Waals surface area contributed by atoms with E-state index in [0.29, 0.717) is 18.1 Å². The maximum absolute atomic E-state index is 13.6. The zero-order chi connectivity index (χ0) is 18.6. The van der Waals surface area contributed by atoms with Gasteiger partial charge in [-0.15, -0.1) is 0 Å². The van der Waals surface area contributed by atoms with E-state index in [4.69, 9.17) is 11.6 Å². The first-order chi connectivity index (χ1) is 13.2. The fourth-order valence-electron chi connectivity index (χ4n) is 3.30. The summed E-state index contributed by atoms with van der Waals surface area (Å²) in [5.41, 5.74) is 3.01. The van der Waals surface area contributed by atoms with Gasteiger partial charge < -0.3 is 10.6 Å². The molecule has 2 unspecified atom stereocenters. The van der Waals surface area contributed by atoms with Gasteiger partial charge in [0.05, 0.1) is 23.7 Å². The molecule has 3 aromatic rings. The maximum atomic E-state index is 13.6. The van der Waals surface area contributed by atoms with Crippen molar-refractivity contribution in [2.24, 2.45) is 4.99 Å². The minimum Gasteiger partial charge on any atom is -0.347 e. The molecule has 4 rings (SSSR count). The molecular weight excluding hydrogens is 361 g/mol. The Morgan fingerprint density at radius 1 is 0.778 bits per heavy atom. The van der Waals surface area contributed by atoms with Gasteiger partial charge in [0.15, 0.2) is 5.96 Å². The van der Waals surface area contributed by atoms with E-state index < -0.39 is 5.82 Å². The molecule has 136 valence electrons. The van der Waals surface area contributed by atoms with Crippen LogP contribution >= 0.6 is 11.6 Å². The van der Waals surface area contributed by atoms with Crippen molar-refractivity contribution in [3.8, 4) is 0 Å². The van der Waals surface area contributed by atoms with E-state index in [2.05, 4.69) is 39.9 Å².